The van der Waals surface area contributed by atoms with Crippen LogP contribution < -0.4 is 9.64 Å². The number of sulfonamides is 1. The number of nitrogens with zero attached hydrogens (tertiary/aromatic N) is 2. The summed E-state index contributed by atoms with van der Waals surface area (Å²) in [7, 11) is -0.993. The van der Waals surface area contributed by atoms with Crippen LogP contribution in [-0.4, -0.2) is 63.8 Å². The number of hydrogen-bond acceptors (Lipinski definition) is 6. The van der Waals surface area contributed by atoms with Crippen molar-refractivity contribution >= 4 is 21.7 Å². The van der Waals surface area contributed by atoms with E-state index in [9.17, 15) is 18.3 Å². The maximum atomic E-state index is 13.4. The molecule has 2 aromatic carbocycles. The Morgan fingerprint density at radius 3 is 2.45 bits per heavy atom. The van der Waals surface area contributed by atoms with E-state index in [-0.39, 0.29) is 18.0 Å². The Bertz CT molecular complexity index is 961. The van der Waals surface area contributed by atoms with Crippen LogP contribution >= 0.6 is 0 Å². The van der Waals surface area contributed by atoms with E-state index in [0.29, 0.717) is 18.9 Å². The minimum absolute atomic E-state index is 0.0189. The summed E-state index contributed by atoms with van der Waals surface area (Å²) in [5.41, 5.74) is 1.55. The van der Waals surface area contributed by atoms with Crippen LogP contribution in [0.3, 0.4) is 0 Å². The van der Waals surface area contributed by atoms with Gasteiger partial charge >= 0.3 is 5.97 Å². The van der Waals surface area contributed by atoms with Crippen molar-refractivity contribution in [1.29, 1.82) is 0 Å². The van der Waals surface area contributed by atoms with Crippen molar-refractivity contribution < 1.29 is 27.8 Å². The second-order valence-electron chi connectivity index (χ2n) is 6.65. The summed E-state index contributed by atoms with van der Waals surface area (Å²) in [5.74, 6) is -0.678. The second kappa shape index (κ2) is 8.81. The molecule has 8 nitrogen and oxygen atoms in total. The predicted octanol–water partition coefficient (Wildman–Crippen LogP) is 1.81. The number of para-hydroxylation sites is 1. The third kappa shape index (κ3) is 4.36. The SMILES string of the molecule is COCCN1CC(C(=O)O)N(S(=O)(=O)c2ccc(OC)cc2)Cc2ccccc21. The van der Waals surface area contributed by atoms with E-state index >= 15 is 0 Å². The largest absolute Gasteiger partial charge is 0.497 e. The van der Waals surface area contributed by atoms with E-state index in [1.54, 1.807) is 19.2 Å². The summed E-state index contributed by atoms with van der Waals surface area (Å²) in [4.78, 5) is 14.0. The first kappa shape index (κ1) is 21.1. The second-order valence-corrected chi connectivity index (χ2v) is 8.54. The first-order valence-electron chi connectivity index (χ1n) is 9.09. The summed E-state index contributed by atoms with van der Waals surface area (Å²) in [6, 6.07) is 12.0. The van der Waals surface area contributed by atoms with Crippen LogP contribution in [0, 0.1) is 0 Å². The summed E-state index contributed by atoms with van der Waals surface area (Å²) in [5, 5.41) is 9.86. The maximum Gasteiger partial charge on any atom is 0.323 e. The summed E-state index contributed by atoms with van der Waals surface area (Å²) in [6.45, 7) is 0.829. The van der Waals surface area contributed by atoms with Crippen molar-refractivity contribution in [1.82, 2.24) is 4.31 Å². The van der Waals surface area contributed by atoms with Crippen LogP contribution in [0.2, 0.25) is 0 Å². The van der Waals surface area contributed by atoms with Crippen molar-refractivity contribution in [3.8, 4) is 5.75 Å². The van der Waals surface area contributed by atoms with E-state index in [0.717, 1.165) is 15.6 Å². The number of anilines is 1. The van der Waals surface area contributed by atoms with Crippen LogP contribution in [0.4, 0.5) is 5.69 Å². The number of aliphatic carboxylic acids is 1. The zero-order chi connectivity index (χ0) is 21.0. The predicted molar refractivity (Wildman–Crippen MR) is 108 cm³/mol. The van der Waals surface area contributed by atoms with Crippen LogP contribution in [0.1, 0.15) is 5.56 Å². The van der Waals surface area contributed by atoms with Gasteiger partial charge in [-0.25, -0.2) is 8.42 Å². The zero-order valence-corrected chi connectivity index (χ0v) is 17.1. The zero-order valence-electron chi connectivity index (χ0n) is 16.3. The highest BCUT2D eigenvalue weighted by molar-refractivity contribution is 7.89. The van der Waals surface area contributed by atoms with E-state index in [4.69, 9.17) is 9.47 Å². The van der Waals surface area contributed by atoms with E-state index in [2.05, 4.69) is 0 Å². The third-order valence-corrected chi connectivity index (χ3v) is 6.78. The molecule has 9 heteroatoms. The molecule has 0 saturated heterocycles. The number of rotatable bonds is 7. The average molecular weight is 420 g/mol. The Kier molecular flexibility index (Phi) is 6.41. The van der Waals surface area contributed by atoms with Gasteiger partial charge in [-0.15, -0.1) is 0 Å². The lowest BCUT2D eigenvalue weighted by atomic mass is 10.1. The number of methoxy groups -OCH3 is 2. The Morgan fingerprint density at radius 2 is 1.83 bits per heavy atom. The molecule has 0 radical (unpaired) electrons. The lowest BCUT2D eigenvalue weighted by Crippen LogP contribution is -2.49. The topological polar surface area (TPSA) is 96.4 Å². The van der Waals surface area contributed by atoms with Gasteiger partial charge in [0.05, 0.1) is 18.6 Å². The summed E-state index contributed by atoms with van der Waals surface area (Å²) >= 11 is 0. The van der Waals surface area contributed by atoms with Crippen molar-refractivity contribution in [3.05, 3.63) is 54.1 Å². The highest BCUT2D eigenvalue weighted by Gasteiger charge is 2.40. The number of carboxylic acids is 1. The van der Waals surface area contributed by atoms with Gasteiger partial charge in [0.25, 0.3) is 0 Å². The van der Waals surface area contributed by atoms with Crippen LogP contribution in [0.25, 0.3) is 0 Å². The minimum Gasteiger partial charge on any atom is -0.497 e. The van der Waals surface area contributed by atoms with Gasteiger partial charge in [0.1, 0.15) is 11.8 Å². The summed E-state index contributed by atoms with van der Waals surface area (Å²) in [6.07, 6.45) is 0. The van der Waals surface area contributed by atoms with Gasteiger partial charge in [-0.3, -0.25) is 4.79 Å². The molecule has 0 bridgehead atoms. The molecule has 1 aliphatic heterocycles. The van der Waals surface area contributed by atoms with Crippen LogP contribution in [0.15, 0.2) is 53.4 Å². The fourth-order valence-corrected chi connectivity index (χ4v) is 4.93. The molecule has 1 heterocycles. The molecule has 3 rings (SSSR count). The van der Waals surface area contributed by atoms with Crippen molar-refractivity contribution in [2.24, 2.45) is 0 Å². The highest BCUT2D eigenvalue weighted by atomic mass is 32.2. The molecule has 1 aliphatic rings. The Morgan fingerprint density at radius 1 is 1.14 bits per heavy atom. The molecule has 0 saturated carbocycles. The first-order chi connectivity index (χ1) is 13.9. The molecule has 156 valence electrons. The molecule has 0 amide bonds. The maximum absolute atomic E-state index is 13.4. The number of ether oxygens (including phenoxy) is 2. The highest BCUT2D eigenvalue weighted by Crippen LogP contribution is 2.31. The van der Waals surface area contributed by atoms with Crippen LogP contribution in [0.5, 0.6) is 5.75 Å². The molecular formula is C20H24N2O6S. The van der Waals surface area contributed by atoms with E-state index in [1.807, 2.05) is 29.2 Å². The molecule has 0 fully saturated rings. The van der Waals surface area contributed by atoms with Gasteiger partial charge in [0.15, 0.2) is 0 Å². The molecule has 2 aromatic rings. The standard InChI is InChI=1S/C20H24N2O6S/c1-27-12-11-21-14-19(20(23)24)22(13-15-5-3-4-6-18(15)21)29(25,26)17-9-7-16(28-2)8-10-17/h3-10,19H,11-14H2,1-2H3,(H,23,24). The van der Waals surface area contributed by atoms with E-state index < -0.39 is 22.0 Å². The van der Waals surface area contributed by atoms with Crippen LogP contribution in [-0.2, 0) is 26.1 Å². The number of fused-ring (bicyclic) bond motifs is 1. The molecular weight excluding hydrogens is 396 g/mol. The van der Waals surface area contributed by atoms with Gasteiger partial charge in [-0.1, -0.05) is 18.2 Å². The number of hydrogen-bond donors (Lipinski definition) is 1. The van der Waals surface area contributed by atoms with Gasteiger partial charge < -0.3 is 19.5 Å². The van der Waals surface area contributed by atoms with Gasteiger partial charge in [0, 0.05) is 32.4 Å². The molecule has 29 heavy (non-hydrogen) atoms. The average Bonchev–Trinajstić information content (AvgIpc) is 2.90. The fourth-order valence-electron chi connectivity index (χ4n) is 3.38. The molecule has 0 spiro atoms. The quantitative estimate of drug-likeness (QED) is 0.730. The van der Waals surface area contributed by atoms with Gasteiger partial charge in [0.2, 0.25) is 10.0 Å². The van der Waals surface area contributed by atoms with Crippen molar-refractivity contribution in [3.63, 3.8) is 0 Å². The Balaban J connectivity index is 2.05. The lowest BCUT2D eigenvalue weighted by Gasteiger charge is -2.29. The first-order valence-corrected chi connectivity index (χ1v) is 10.5. The molecule has 0 aliphatic carbocycles. The molecule has 1 N–H and O–H groups in total. The third-order valence-electron chi connectivity index (χ3n) is 4.92. The van der Waals surface area contributed by atoms with Crippen molar-refractivity contribution in [2.75, 3.05) is 38.8 Å². The smallest absolute Gasteiger partial charge is 0.323 e. The Hall–Kier alpha value is -2.62. The monoisotopic (exact) mass is 420 g/mol. The van der Waals surface area contributed by atoms with Gasteiger partial charge in [-0.2, -0.15) is 4.31 Å². The number of benzene rings is 2. The van der Waals surface area contributed by atoms with Crippen molar-refractivity contribution in [2.45, 2.75) is 17.5 Å². The number of carbonyl (C=O) groups is 1. The summed E-state index contributed by atoms with van der Waals surface area (Å²) < 4.78 is 38.0. The number of carboxylic acid groups (broad SMARTS) is 1. The molecule has 1 atom stereocenters. The molecule has 1 unspecified atom stereocenters. The van der Waals surface area contributed by atoms with E-state index in [1.165, 1.54) is 19.2 Å². The normalized spacial score (nSPS) is 17.4. The minimum atomic E-state index is -4.05. The Labute approximate surface area is 170 Å². The van der Waals surface area contributed by atoms with Gasteiger partial charge in [-0.05, 0) is 35.9 Å². The fraction of sp³-hybridized carbons (Fsp3) is 0.350. The lowest BCUT2D eigenvalue weighted by molar-refractivity contribution is -0.141. The molecule has 0 aromatic heterocycles.